The molecule has 1 fully saturated rings. The standard InChI is InChI=1S/C20H28N2O3S/c1-2-25-20-12-16(5-6-19(20)24)13-21-8-9-22(17(14-21)7-10-23)15-18-4-3-11-26-18/h3-6,11-12,17,23-24H,2,7-10,13-15H2,1H3/t17-/m1/s1. The number of hydrogen-bond acceptors (Lipinski definition) is 6. The van der Waals surface area contributed by atoms with Crippen molar-refractivity contribution in [2.75, 3.05) is 32.8 Å². The lowest BCUT2D eigenvalue weighted by molar-refractivity contribution is 0.0506. The zero-order valence-corrected chi connectivity index (χ0v) is 16.1. The average Bonchev–Trinajstić information content (AvgIpc) is 3.14. The highest BCUT2D eigenvalue weighted by atomic mass is 32.1. The summed E-state index contributed by atoms with van der Waals surface area (Å²) in [6.45, 7) is 7.40. The molecule has 1 aromatic heterocycles. The van der Waals surface area contributed by atoms with E-state index in [-0.39, 0.29) is 12.4 Å². The summed E-state index contributed by atoms with van der Waals surface area (Å²) in [6.07, 6.45) is 0.793. The fraction of sp³-hybridized carbons (Fsp3) is 0.500. The molecule has 1 saturated heterocycles. The van der Waals surface area contributed by atoms with Gasteiger partial charge in [-0.25, -0.2) is 0 Å². The van der Waals surface area contributed by atoms with E-state index in [1.54, 1.807) is 17.4 Å². The largest absolute Gasteiger partial charge is 0.504 e. The minimum absolute atomic E-state index is 0.189. The second-order valence-electron chi connectivity index (χ2n) is 6.69. The van der Waals surface area contributed by atoms with Gasteiger partial charge in [-0.3, -0.25) is 9.80 Å². The molecular formula is C20H28N2O3S. The summed E-state index contributed by atoms with van der Waals surface area (Å²) >= 11 is 1.79. The van der Waals surface area contributed by atoms with Crippen molar-refractivity contribution in [1.29, 1.82) is 0 Å². The number of nitrogens with zero attached hydrogens (tertiary/aromatic N) is 2. The molecule has 1 aliphatic rings. The molecule has 3 rings (SSSR count). The zero-order chi connectivity index (χ0) is 18.4. The van der Waals surface area contributed by atoms with E-state index in [0.29, 0.717) is 18.4 Å². The van der Waals surface area contributed by atoms with Crippen molar-refractivity contribution in [1.82, 2.24) is 9.80 Å². The molecule has 1 aliphatic heterocycles. The first-order valence-corrected chi connectivity index (χ1v) is 10.1. The smallest absolute Gasteiger partial charge is 0.161 e. The van der Waals surface area contributed by atoms with Gasteiger partial charge in [0.25, 0.3) is 0 Å². The number of aliphatic hydroxyl groups is 1. The van der Waals surface area contributed by atoms with Crippen LogP contribution in [-0.4, -0.2) is 58.9 Å². The van der Waals surface area contributed by atoms with Gasteiger partial charge in [-0.1, -0.05) is 12.1 Å². The highest BCUT2D eigenvalue weighted by molar-refractivity contribution is 7.09. The van der Waals surface area contributed by atoms with Gasteiger partial charge in [-0.05, 0) is 42.5 Å². The van der Waals surface area contributed by atoms with Crippen LogP contribution >= 0.6 is 11.3 Å². The van der Waals surface area contributed by atoms with Gasteiger partial charge in [-0.15, -0.1) is 11.3 Å². The molecule has 0 unspecified atom stereocenters. The third kappa shape index (κ3) is 4.98. The lowest BCUT2D eigenvalue weighted by Gasteiger charge is -2.41. The van der Waals surface area contributed by atoms with E-state index in [9.17, 15) is 10.2 Å². The molecule has 2 heterocycles. The number of benzene rings is 1. The van der Waals surface area contributed by atoms with Crippen LogP contribution in [-0.2, 0) is 13.1 Å². The van der Waals surface area contributed by atoms with Crippen LogP contribution < -0.4 is 4.74 Å². The van der Waals surface area contributed by atoms with E-state index in [1.165, 1.54) is 4.88 Å². The zero-order valence-electron chi connectivity index (χ0n) is 15.3. The van der Waals surface area contributed by atoms with Gasteiger partial charge in [0, 0.05) is 50.2 Å². The van der Waals surface area contributed by atoms with Gasteiger partial charge in [0.2, 0.25) is 0 Å². The summed E-state index contributed by atoms with van der Waals surface area (Å²) in [5.74, 6) is 0.739. The highest BCUT2D eigenvalue weighted by Crippen LogP contribution is 2.28. The fourth-order valence-corrected chi connectivity index (χ4v) is 4.25. The maximum Gasteiger partial charge on any atom is 0.161 e. The Balaban J connectivity index is 1.62. The third-order valence-corrected chi connectivity index (χ3v) is 5.68. The molecular weight excluding hydrogens is 348 g/mol. The van der Waals surface area contributed by atoms with E-state index >= 15 is 0 Å². The molecule has 26 heavy (non-hydrogen) atoms. The van der Waals surface area contributed by atoms with Crippen molar-refractivity contribution >= 4 is 11.3 Å². The van der Waals surface area contributed by atoms with Crippen LogP contribution in [0.1, 0.15) is 23.8 Å². The number of phenolic OH excluding ortho intramolecular Hbond substituents is 1. The summed E-state index contributed by atoms with van der Waals surface area (Å²) < 4.78 is 5.49. The Hall–Kier alpha value is -1.60. The van der Waals surface area contributed by atoms with Crippen LogP contribution in [0, 0.1) is 0 Å². The molecule has 0 spiro atoms. The summed E-state index contributed by atoms with van der Waals surface area (Å²) in [5, 5.41) is 21.5. The lowest BCUT2D eigenvalue weighted by Crippen LogP contribution is -2.52. The number of ether oxygens (including phenoxy) is 1. The van der Waals surface area contributed by atoms with Crippen LogP contribution in [0.3, 0.4) is 0 Å². The number of aliphatic hydroxyl groups excluding tert-OH is 1. The Morgan fingerprint density at radius 1 is 1.23 bits per heavy atom. The van der Waals surface area contributed by atoms with Gasteiger partial charge in [-0.2, -0.15) is 0 Å². The van der Waals surface area contributed by atoms with Crippen molar-refractivity contribution in [3.05, 3.63) is 46.2 Å². The lowest BCUT2D eigenvalue weighted by atomic mass is 10.1. The van der Waals surface area contributed by atoms with E-state index in [4.69, 9.17) is 4.74 Å². The Kier molecular flexibility index (Phi) is 6.91. The topological polar surface area (TPSA) is 56.2 Å². The number of rotatable bonds is 8. The third-order valence-electron chi connectivity index (χ3n) is 4.82. The van der Waals surface area contributed by atoms with Crippen molar-refractivity contribution in [3.63, 3.8) is 0 Å². The first-order chi connectivity index (χ1) is 12.7. The molecule has 2 N–H and O–H groups in total. The Bertz CT molecular complexity index is 678. The van der Waals surface area contributed by atoms with Gasteiger partial charge < -0.3 is 14.9 Å². The molecule has 0 saturated carbocycles. The van der Waals surface area contributed by atoms with Gasteiger partial charge >= 0.3 is 0 Å². The summed E-state index contributed by atoms with van der Waals surface area (Å²) in [5.41, 5.74) is 1.14. The number of phenols is 1. The molecule has 5 nitrogen and oxygen atoms in total. The van der Waals surface area contributed by atoms with E-state index in [0.717, 1.165) is 44.7 Å². The van der Waals surface area contributed by atoms with Gasteiger partial charge in [0.15, 0.2) is 11.5 Å². The summed E-state index contributed by atoms with van der Waals surface area (Å²) in [4.78, 5) is 6.29. The SMILES string of the molecule is CCOc1cc(CN2CCN(Cc3cccs3)[C@H](CCO)C2)ccc1O. The average molecular weight is 377 g/mol. The second-order valence-corrected chi connectivity index (χ2v) is 7.72. The maximum atomic E-state index is 9.87. The van der Waals surface area contributed by atoms with Crippen LogP contribution in [0.4, 0.5) is 0 Å². The van der Waals surface area contributed by atoms with Crippen molar-refractivity contribution in [3.8, 4) is 11.5 Å². The molecule has 0 amide bonds. The summed E-state index contributed by atoms with van der Waals surface area (Å²) in [6, 6.07) is 10.2. The minimum Gasteiger partial charge on any atom is -0.504 e. The molecule has 2 aromatic rings. The highest BCUT2D eigenvalue weighted by Gasteiger charge is 2.27. The quantitative estimate of drug-likeness (QED) is 0.742. The van der Waals surface area contributed by atoms with E-state index in [2.05, 4.69) is 27.3 Å². The molecule has 1 atom stereocenters. The Morgan fingerprint density at radius 3 is 2.85 bits per heavy atom. The number of hydrogen-bond donors (Lipinski definition) is 2. The summed E-state index contributed by atoms with van der Waals surface area (Å²) in [7, 11) is 0. The van der Waals surface area contributed by atoms with Crippen molar-refractivity contribution < 1.29 is 14.9 Å². The number of thiophene rings is 1. The molecule has 0 aliphatic carbocycles. The first-order valence-electron chi connectivity index (χ1n) is 9.24. The van der Waals surface area contributed by atoms with Gasteiger partial charge in [0.05, 0.1) is 6.61 Å². The first kappa shape index (κ1) is 19.2. The molecule has 1 aromatic carbocycles. The number of aromatic hydroxyl groups is 1. The second kappa shape index (κ2) is 9.37. The molecule has 6 heteroatoms. The molecule has 0 bridgehead atoms. The van der Waals surface area contributed by atoms with E-state index < -0.39 is 0 Å². The predicted octanol–water partition coefficient (Wildman–Crippen LogP) is 2.92. The van der Waals surface area contributed by atoms with Crippen LogP contribution in [0.5, 0.6) is 11.5 Å². The Morgan fingerprint density at radius 2 is 2.12 bits per heavy atom. The minimum atomic E-state index is 0.189. The number of piperazine rings is 1. The van der Waals surface area contributed by atoms with Gasteiger partial charge in [0.1, 0.15) is 0 Å². The Labute approximate surface area is 159 Å². The van der Waals surface area contributed by atoms with Crippen LogP contribution in [0.15, 0.2) is 35.7 Å². The normalized spacial score (nSPS) is 18.9. The van der Waals surface area contributed by atoms with Crippen molar-refractivity contribution in [2.24, 2.45) is 0 Å². The van der Waals surface area contributed by atoms with Crippen LogP contribution in [0.2, 0.25) is 0 Å². The molecule has 0 radical (unpaired) electrons. The maximum absolute atomic E-state index is 9.87. The van der Waals surface area contributed by atoms with Crippen LogP contribution in [0.25, 0.3) is 0 Å². The monoisotopic (exact) mass is 376 g/mol. The fourth-order valence-electron chi connectivity index (χ4n) is 3.52. The van der Waals surface area contributed by atoms with Crippen molar-refractivity contribution in [2.45, 2.75) is 32.5 Å². The van der Waals surface area contributed by atoms with E-state index in [1.807, 2.05) is 19.1 Å². The predicted molar refractivity (Wildman–Crippen MR) is 105 cm³/mol. The molecule has 142 valence electrons.